The van der Waals surface area contributed by atoms with Crippen molar-refractivity contribution in [2.45, 2.75) is 24.5 Å². The number of fused-ring (bicyclic) bond motifs is 2. The standard InChI is InChI=1S/C29H25N5O19S6/c1-30-21-9-7-17-19(26(21)33-31-20-8-5-15(13-24(20)56(41,42)43)54(36,37)12-11-53-59(50,51)52)14-25(57(44,45)46)27(28(17)35)34-32-22-10-6-16-18(29(22)58(47,48)49)3-2-4-23(16)55(38,39)40/h2-10,13-14,30,35H,11-12H2,1H3,(H,38,39,40)(H,41,42,43)(H,44,45,46)(H,47,48,49)(H,50,51,52). The lowest BCUT2D eigenvalue weighted by molar-refractivity contribution is 0.284. The van der Waals surface area contributed by atoms with E-state index in [0.717, 1.165) is 42.5 Å². The number of benzene rings is 5. The molecule has 5 rings (SSSR count). The molecule has 5 aromatic carbocycles. The summed E-state index contributed by atoms with van der Waals surface area (Å²) in [6.45, 7) is -1.07. The maximum Gasteiger partial charge on any atom is 0.397 e. The van der Waals surface area contributed by atoms with E-state index in [1.807, 2.05) is 0 Å². The van der Waals surface area contributed by atoms with Crippen LogP contribution in [-0.4, -0.2) is 97.8 Å². The number of azo groups is 2. The quantitative estimate of drug-likeness (QED) is 0.0607. The van der Waals surface area contributed by atoms with Crippen LogP contribution in [0.3, 0.4) is 0 Å². The third kappa shape index (κ3) is 9.85. The number of phenols is 1. The normalized spacial score (nSPS) is 13.5. The first-order chi connectivity index (χ1) is 27.0. The van der Waals surface area contributed by atoms with Crippen LogP contribution in [0, 0.1) is 0 Å². The molecule has 0 atom stereocenters. The van der Waals surface area contributed by atoms with E-state index >= 15 is 0 Å². The van der Waals surface area contributed by atoms with Gasteiger partial charge < -0.3 is 10.4 Å². The first-order valence-electron chi connectivity index (χ1n) is 15.3. The Bertz CT molecular complexity index is 3340. The third-order valence-electron chi connectivity index (χ3n) is 7.91. The number of anilines is 1. The minimum Gasteiger partial charge on any atom is -0.505 e. The first-order valence-corrected chi connectivity index (χ1v) is 24.1. The van der Waals surface area contributed by atoms with Gasteiger partial charge in [-0.2, -0.15) is 42.1 Å². The fourth-order valence-electron chi connectivity index (χ4n) is 5.42. The van der Waals surface area contributed by atoms with Crippen LogP contribution >= 0.6 is 0 Å². The first kappa shape index (κ1) is 45.0. The van der Waals surface area contributed by atoms with Gasteiger partial charge in [-0.05, 0) is 48.5 Å². The molecular weight excluding hydrogens is 915 g/mol. The summed E-state index contributed by atoms with van der Waals surface area (Å²) >= 11 is 0. The number of nitrogens with zero attached hydrogens (tertiary/aromatic N) is 4. The van der Waals surface area contributed by atoms with E-state index in [1.165, 1.54) is 19.2 Å². The van der Waals surface area contributed by atoms with Crippen molar-refractivity contribution in [3.05, 3.63) is 66.7 Å². The van der Waals surface area contributed by atoms with Crippen molar-refractivity contribution < 1.29 is 82.6 Å². The van der Waals surface area contributed by atoms with Crippen LogP contribution in [0.5, 0.6) is 5.75 Å². The highest BCUT2D eigenvalue weighted by atomic mass is 32.3. The molecule has 0 aliphatic rings. The fourth-order valence-corrected chi connectivity index (χ4v) is 9.84. The summed E-state index contributed by atoms with van der Waals surface area (Å²) in [5.74, 6) is -2.13. The SMILES string of the molecule is CNc1ccc2c(O)c(N=Nc3ccc4c(S(=O)(=O)O)cccc4c3S(=O)(=O)O)c(S(=O)(=O)O)cc2c1N=Nc1ccc(S(=O)(=O)CCOS(=O)(=O)O)cc1S(=O)(=O)O. The largest absolute Gasteiger partial charge is 0.505 e. The number of phenolic OH excluding ortho intramolecular Hbond substituents is 1. The average molecular weight is 940 g/mol. The van der Waals surface area contributed by atoms with Crippen molar-refractivity contribution in [2.24, 2.45) is 20.5 Å². The summed E-state index contributed by atoms with van der Waals surface area (Å²) in [6.07, 6.45) is 0. The summed E-state index contributed by atoms with van der Waals surface area (Å²) in [5.41, 5.74) is -2.85. The van der Waals surface area contributed by atoms with Gasteiger partial charge in [0, 0.05) is 28.6 Å². The van der Waals surface area contributed by atoms with E-state index in [0.29, 0.717) is 12.1 Å². The molecule has 7 N–H and O–H groups in total. The van der Waals surface area contributed by atoms with Crippen molar-refractivity contribution >= 4 is 111 Å². The van der Waals surface area contributed by atoms with Gasteiger partial charge in [0.05, 0.1) is 22.9 Å². The number of nitrogens with one attached hydrogen (secondary N) is 1. The van der Waals surface area contributed by atoms with Crippen molar-refractivity contribution in [3.8, 4) is 5.75 Å². The zero-order chi connectivity index (χ0) is 44.1. The van der Waals surface area contributed by atoms with Gasteiger partial charge in [0.2, 0.25) is 0 Å². The molecule has 0 amide bonds. The molecule has 0 aliphatic carbocycles. The Morgan fingerprint density at radius 3 is 1.71 bits per heavy atom. The molecule has 0 spiro atoms. The molecule has 0 aliphatic heterocycles. The molecule has 316 valence electrons. The van der Waals surface area contributed by atoms with Gasteiger partial charge in [-0.25, -0.2) is 12.6 Å². The van der Waals surface area contributed by atoms with E-state index < -0.39 is 126 Å². The maximum absolute atomic E-state index is 12.7. The van der Waals surface area contributed by atoms with E-state index in [1.54, 1.807) is 0 Å². The molecule has 0 radical (unpaired) electrons. The van der Waals surface area contributed by atoms with Gasteiger partial charge in [-0.3, -0.25) is 22.8 Å². The second-order valence-corrected chi connectivity index (χ2v) is 20.4. The van der Waals surface area contributed by atoms with Crippen LogP contribution in [0.25, 0.3) is 21.5 Å². The minimum atomic E-state index is -5.40. The van der Waals surface area contributed by atoms with Crippen LogP contribution in [0.1, 0.15) is 0 Å². The zero-order valence-corrected chi connectivity index (χ0v) is 33.9. The molecular formula is C29H25N5O19S6. The van der Waals surface area contributed by atoms with Crippen molar-refractivity contribution in [2.75, 3.05) is 24.7 Å². The highest BCUT2D eigenvalue weighted by Crippen LogP contribution is 2.47. The molecule has 5 aromatic rings. The molecule has 24 nitrogen and oxygen atoms in total. The molecule has 0 bridgehead atoms. The summed E-state index contributed by atoms with van der Waals surface area (Å²) in [6, 6.07) is 9.93. The zero-order valence-electron chi connectivity index (χ0n) is 29.0. The number of rotatable bonds is 14. The predicted octanol–water partition coefficient (Wildman–Crippen LogP) is 4.15. The third-order valence-corrected chi connectivity index (χ3v) is 13.7. The summed E-state index contributed by atoms with van der Waals surface area (Å²) in [7, 11) is -29.1. The molecule has 0 heterocycles. The van der Waals surface area contributed by atoms with Gasteiger partial charge in [0.1, 0.15) is 42.3 Å². The van der Waals surface area contributed by atoms with E-state index in [9.17, 15) is 73.8 Å². The Morgan fingerprint density at radius 2 is 1.14 bits per heavy atom. The molecule has 0 saturated heterocycles. The van der Waals surface area contributed by atoms with Gasteiger partial charge in [0.15, 0.2) is 15.6 Å². The van der Waals surface area contributed by atoms with Crippen LogP contribution in [0.4, 0.5) is 28.4 Å². The monoisotopic (exact) mass is 939 g/mol. The highest BCUT2D eigenvalue weighted by Gasteiger charge is 2.28. The van der Waals surface area contributed by atoms with Crippen molar-refractivity contribution in [3.63, 3.8) is 0 Å². The Morgan fingerprint density at radius 1 is 0.559 bits per heavy atom. The topological polar surface area (TPSA) is 397 Å². The molecule has 0 aromatic heterocycles. The second-order valence-electron chi connectivity index (χ2n) is 11.6. The lowest BCUT2D eigenvalue weighted by Crippen LogP contribution is -2.16. The number of aromatic hydroxyl groups is 1. The minimum absolute atomic E-state index is 0.000902. The Kier molecular flexibility index (Phi) is 12.1. The Hall–Kier alpha value is -5.12. The Labute approximate surface area is 333 Å². The van der Waals surface area contributed by atoms with Crippen LogP contribution in [0.15, 0.2) is 112 Å². The van der Waals surface area contributed by atoms with E-state index in [2.05, 4.69) is 30.0 Å². The molecule has 0 unspecified atom stereocenters. The van der Waals surface area contributed by atoms with Crippen LogP contribution < -0.4 is 5.32 Å². The average Bonchev–Trinajstić information content (AvgIpc) is 3.10. The van der Waals surface area contributed by atoms with Crippen molar-refractivity contribution in [1.82, 2.24) is 0 Å². The van der Waals surface area contributed by atoms with Gasteiger partial charge in [0.25, 0.3) is 40.5 Å². The summed E-state index contributed by atoms with van der Waals surface area (Å²) in [5, 5.41) is 27.5. The molecule has 30 heteroatoms. The highest BCUT2D eigenvalue weighted by molar-refractivity contribution is 7.91. The van der Waals surface area contributed by atoms with E-state index in [-0.39, 0.29) is 27.5 Å². The smallest absolute Gasteiger partial charge is 0.397 e. The lowest BCUT2D eigenvalue weighted by atomic mass is 10.1. The fraction of sp³-hybridized carbons (Fsp3) is 0.103. The van der Waals surface area contributed by atoms with Gasteiger partial charge in [-0.1, -0.05) is 18.2 Å². The molecule has 59 heavy (non-hydrogen) atoms. The number of hydrogen-bond acceptors (Lipinski definition) is 19. The second kappa shape index (κ2) is 15.8. The number of hydrogen-bond donors (Lipinski definition) is 7. The van der Waals surface area contributed by atoms with Gasteiger partial charge >= 0.3 is 10.4 Å². The predicted molar refractivity (Wildman–Crippen MR) is 203 cm³/mol. The molecule has 0 saturated carbocycles. The maximum atomic E-state index is 12.7. The lowest BCUT2D eigenvalue weighted by Gasteiger charge is -2.13. The summed E-state index contributed by atoms with van der Waals surface area (Å²) < 4.78 is 198. The molecule has 0 fully saturated rings. The van der Waals surface area contributed by atoms with Crippen LogP contribution in [0.2, 0.25) is 0 Å². The van der Waals surface area contributed by atoms with Crippen molar-refractivity contribution in [1.29, 1.82) is 0 Å². The summed E-state index contributed by atoms with van der Waals surface area (Å²) in [4.78, 5) is -4.91. The Balaban J connectivity index is 1.69. The van der Waals surface area contributed by atoms with E-state index in [4.69, 9.17) is 4.55 Å². The number of sulfone groups is 1. The van der Waals surface area contributed by atoms with Crippen LogP contribution in [-0.2, 0) is 64.9 Å². The van der Waals surface area contributed by atoms with Gasteiger partial charge in [-0.15, -0.1) is 20.5 Å².